The molecule has 3 atom stereocenters. The summed E-state index contributed by atoms with van der Waals surface area (Å²) < 4.78 is 5.75. The number of hydrogen-bond donors (Lipinski definition) is 0. The average Bonchev–Trinajstić information content (AvgIpc) is 2.46. The summed E-state index contributed by atoms with van der Waals surface area (Å²) in [6, 6.07) is 8.10. The summed E-state index contributed by atoms with van der Waals surface area (Å²) >= 11 is 0. The van der Waals surface area contributed by atoms with Crippen LogP contribution in [0.1, 0.15) is 38.2 Å². The minimum atomic E-state index is 0.0743. The molecule has 0 aromatic heterocycles. The summed E-state index contributed by atoms with van der Waals surface area (Å²) in [4.78, 5) is 12.6. The largest absolute Gasteiger partial charge is 0.493 e. The monoisotopic (exact) mass is 258 g/mol. The molecule has 0 bridgehead atoms. The van der Waals surface area contributed by atoms with E-state index < -0.39 is 0 Å². The highest BCUT2D eigenvalue weighted by Crippen LogP contribution is 2.34. The quantitative estimate of drug-likeness (QED) is 0.809. The van der Waals surface area contributed by atoms with Gasteiger partial charge in [0.05, 0.1) is 12.5 Å². The van der Waals surface area contributed by atoms with Crippen LogP contribution in [0.25, 0.3) is 0 Å². The third-order valence-electron chi connectivity index (χ3n) is 4.62. The fraction of sp³-hybridized carbons (Fsp3) is 0.588. The first-order valence-corrected chi connectivity index (χ1v) is 7.48. The van der Waals surface area contributed by atoms with E-state index in [-0.39, 0.29) is 11.8 Å². The Hall–Kier alpha value is -1.31. The topological polar surface area (TPSA) is 26.3 Å². The van der Waals surface area contributed by atoms with Gasteiger partial charge in [-0.05, 0) is 36.8 Å². The summed E-state index contributed by atoms with van der Waals surface area (Å²) in [6.45, 7) is 2.84. The predicted octanol–water partition coefficient (Wildman–Crippen LogP) is 3.63. The standard InChI is InChI=1S/C17H22O2/c1-12-5-4-7-14(9-12)17(18)15-10-13-6-2-3-8-16(13)19-11-15/h2-3,6,8,12,14-15H,4-5,7,9-11H2,1H3. The fourth-order valence-electron chi connectivity index (χ4n) is 3.54. The van der Waals surface area contributed by atoms with Gasteiger partial charge in [-0.25, -0.2) is 0 Å². The molecule has 0 radical (unpaired) electrons. The highest BCUT2D eigenvalue weighted by Gasteiger charge is 2.33. The number of carbonyl (C=O) groups excluding carboxylic acids is 1. The van der Waals surface area contributed by atoms with E-state index in [4.69, 9.17) is 4.74 Å². The smallest absolute Gasteiger partial charge is 0.142 e. The molecule has 19 heavy (non-hydrogen) atoms. The lowest BCUT2D eigenvalue weighted by Crippen LogP contribution is -2.34. The summed E-state index contributed by atoms with van der Waals surface area (Å²) in [7, 11) is 0. The van der Waals surface area contributed by atoms with E-state index in [1.165, 1.54) is 18.4 Å². The van der Waals surface area contributed by atoms with Crippen LogP contribution in [0.3, 0.4) is 0 Å². The zero-order valence-corrected chi connectivity index (χ0v) is 11.6. The maximum atomic E-state index is 12.6. The van der Waals surface area contributed by atoms with Crippen LogP contribution in [0.15, 0.2) is 24.3 Å². The highest BCUT2D eigenvalue weighted by molar-refractivity contribution is 5.84. The molecule has 1 fully saturated rings. The van der Waals surface area contributed by atoms with Crippen LogP contribution in [0, 0.1) is 17.8 Å². The normalized spacial score (nSPS) is 30.3. The van der Waals surface area contributed by atoms with Crippen LogP contribution in [0.5, 0.6) is 5.75 Å². The van der Waals surface area contributed by atoms with Crippen molar-refractivity contribution in [3.8, 4) is 5.75 Å². The van der Waals surface area contributed by atoms with Gasteiger partial charge in [0, 0.05) is 5.92 Å². The second-order valence-electron chi connectivity index (χ2n) is 6.19. The van der Waals surface area contributed by atoms with Gasteiger partial charge in [0.1, 0.15) is 11.5 Å². The molecule has 1 aliphatic carbocycles. The van der Waals surface area contributed by atoms with Gasteiger partial charge in [-0.1, -0.05) is 38.0 Å². The molecular formula is C17H22O2. The van der Waals surface area contributed by atoms with E-state index in [1.54, 1.807) is 0 Å². The van der Waals surface area contributed by atoms with Gasteiger partial charge < -0.3 is 4.74 Å². The summed E-state index contributed by atoms with van der Waals surface area (Å²) in [5.74, 6) is 2.47. The van der Waals surface area contributed by atoms with Crippen molar-refractivity contribution in [2.45, 2.75) is 39.0 Å². The molecule has 2 aliphatic rings. The van der Waals surface area contributed by atoms with Crippen molar-refractivity contribution in [2.24, 2.45) is 17.8 Å². The van der Waals surface area contributed by atoms with Gasteiger partial charge in [-0.2, -0.15) is 0 Å². The molecule has 2 heteroatoms. The first kappa shape index (κ1) is 12.7. The van der Waals surface area contributed by atoms with Crippen LogP contribution in [0.2, 0.25) is 0 Å². The van der Waals surface area contributed by atoms with Gasteiger partial charge in [0.25, 0.3) is 0 Å². The van der Waals surface area contributed by atoms with Crippen LogP contribution in [-0.2, 0) is 11.2 Å². The molecule has 102 valence electrons. The van der Waals surface area contributed by atoms with E-state index in [2.05, 4.69) is 13.0 Å². The van der Waals surface area contributed by atoms with Crippen molar-refractivity contribution in [3.63, 3.8) is 0 Å². The molecule has 1 saturated carbocycles. The number of para-hydroxylation sites is 1. The second-order valence-corrected chi connectivity index (χ2v) is 6.19. The Morgan fingerprint density at radius 1 is 1.21 bits per heavy atom. The Bertz CT molecular complexity index is 466. The van der Waals surface area contributed by atoms with E-state index in [9.17, 15) is 4.79 Å². The highest BCUT2D eigenvalue weighted by atomic mass is 16.5. The first-order valence-electron chi connectivity index (χ1n) is 7.48. The summed E-state index contributed by atoms with van der Waals surface area (Å²) in [6.07, 6.45) is 5.52. The Morgan fingerprint density at radius 3 is 2.89 bits per heavy atom. The minimum Gasteiger partial charge on any atom is -0.493 e. The number of Topliss-reactive ketones (excluding diaryl/α,β-unsaturated/α-hetero) is 1. The molecule has 0 saturated heterocycles. The molecule has 3 unspecified atom stereocenters. The number of ether oxygens (including phenoxy) is 1. The van der Waals surface area contributed by atoms with E-state index in [0.29, 0.717) is 18.3 Å². The number of rotatable bonds is 2. The second kappa shape index (κ2) is 5.36. The minimum absolute atomic E-state index is 0.0743. The summed E-state index contributed by atoms with van der Waals surface area (Å²) in [5.41, 5.74) is 1.19. The first-order chi connectivity index (χ1) is 9.24. The third-order valence-corrected chi connectivity index (χ3v) is 4.62. The van der Waals surface area contributed by atoms with Crippen LogP contribution < -0.4 is 4.74 Å². The van der Waals surface area contributed by atoms with Crippen molar-refractivity contribution in [1.29, 1.82) is 0 Å². The van der Waals surface area contributed by atoms with Gasteiger partial charge in [-0.3, -0.25) is 4.79 Å². The number of hydrogen-bond acceptors (Lipinski definition) is 2. The molecule has 3 rings (SSSR count). The van der Waals surface area contributed by atoms with Crippen molar-refractivity contribution in [1.82, 2.24) is 0 Å². The van der Waals surface area contributed by atoms with E-state index in [0.717, 1.165) is 25.0 Å². The zero-order chi connectivity index (χ0) is 13.2. The Labute approximate surface area is 115 Å². The Balaban J connectivity index is 1.69. The molecule has 1 heterocycles. The van der Waals surface area contributed by atoms with Crippen molar-refractivity contribution >= 4 is 5.78 Å². The van der Waals surface area contributed by atoms with Gasteiger partial charge in [0.15, 0.2) is 0 Å². The van der Waals surface area contributed by atoms with Gasteiger partial charge in [0.2, 0.25) is 0 Å². The fourth-order valence-corrected chi connectivity index (χ4v) is 3.54. The average molecular weight is 258 g/mol. The molecule has 0 amide bonds. The summed E-state index contributed by atoms with van der Waals surface area (Å²) in [5, 5.41) is 0. The number of carbonyl (C=O) groups is 1. The SMILES string of the molecule is CC1CCCC(C(=O)C2COc3ccccc3C2)C1. The van der Waals surface area contributed by atoms with Crippen molar-refractivity contribution < 1.29 is 9.53 Å². The third kappa shape index (κ3) is 2.68. The predicted molar refractivity (Wildman–Crippen MR) is 75.3 cm³/mol. The molecule has 0 N–H and O–H groups in total. The maximum absolute atomic E-state index is 12.6. The zero-order valence-electron chi connectivity index (χ0n) is 11.6. The number of fused-ring (bicyclic) bond motifs is 1. The molecule has 1 aromatic carbocycles. The molecule has 0 spiro atoms. The lowest BCUT2D eigenvalue weighted by molar-refractivity contribution is -0.129. The maximum Gasteiger partial charge on any atom is 0.142 e. The van der Waals surface area contributed by atoms with E-state index in [1.807, 2.05) is 18.2 Å². The van der Waals surface area contributed by atoms with Gasteiger partial charge in [-0.15, -0.1) is 0 Å². The van der Waals surface area contributed by atoms with Crippen molar-refractivity contribution in [2.75, 3.05) is 6.61 Å². The Morgan fingerprint density at radius 2 is 2.05 bits per heavy atom. The lowest BCUT2D eigenvalue weighted by atomic mass is 9.76. The van der Waals surface area contributed by atoms with Crippen LogP contribution in [-0.4, -0.2) is 12.4 Å². The number of ketones is 1. The van der Waals surface area contributed by atoms with Crippen LogP contribution in [0.4, 0.5) is 0 Å². The van der Waals surface area contributed by atoms with E-state index >= 15 is 0 Å². The number of benzene rings is 1. The molecule has 1 aliphatic heterocycles. The Kier molecular flexibility index (Phi) is 3.58. The molecule has 2 nitrogen and oxygen atoms in total. The molecular weight excluding hydrogens is 236 g/mol. The lowest BCUT2D eigenvalue weighted by Gasteiger charge is -2.31. The van der Waals surface area contributed by atoms with Crippen molar-refractivity contribution in [3.05, 3.63) is 29.8 Å². The van der Waals surface area contributed by atoms with Gasteiger partial charge >= 0.3 is 0 Å². The van der Waals surface area contributed by atoms with Crippen LogP contribution >= 0.6 is 0 Å². The molecule has 1 aromatic rings.